The molecule has 9 aromatic carbocycles. The smallest absolute Gasteiger partial charge is 0.0885 e. The third kappa shape index (κ3) is 4.08. The van der Waals surface area contributed by atoms with Crippen molar-refractivity contribution in [2.24, 2.45) is 0 Å². The molecule has 1 spiro atoms. The minimum Gasteiger partial charge on any atom is -0.252 e. The Balaban J connectivity index is 1.15. The van der Waals surface area contributed by atoms with E-state index < -0.39 is 5.41 Å². The van der Waals surface area contributed by atoms with Crippen LogP contribution < -0.4 is 0 Å². The molecule has 0 aliphatic heterocycles. The lowest BCUT2D eigenvalue weighted by Crippen LogP contribution is -2.26. The van der Waals surface area contributed by atoms with Crippen LogP contribution >= 0.6 is 0 Å². The molecule has 2 heteroatoms. The fourth-order valence-electron chi connectivity index (χ4n) is 9.95. The summed E-state index contributed by atoms with van der Waals surface area (Å²) in [5.41, 5.74) is 16.5. The minimum absolute atomic E-state index is 0.504. The molecule has 2 nitrogen and oxygen atoms in total. The Morgan fingerprint density at radius 3 is 1.38 bits per heavy atom. The van der Waals surface area contributed by atoms with Crippen LogP contribution in [-0.2, 0) is 5.41 Å². The molecule has 0 N–H and O–H groups in total. The lowest BCUT2D eigenvalue weighted by atomic mass is 9.68. The second-order valence-corrected chi connectivity index (χ2v) is 14.8. The van der Waals surface area contributed by atoms with Crippen molar-refractivity contribution in [3.8, 4) is 55.9 Å². The summed E-state index contributed by atoms with van der Waals surface area (Å²) in [5.74, 6) is 0. The van der Waals surface area contributed by atoms with Crippen LogP contribution in [0, 0.1) is 0 Å². The van der Waals surface area contributed by atoms with E-state index in [1.54, 1.807) is 0 Å². The first-order chi connectivity index (χ1) is 27.3. The molecule has 55 heavy (non-hydrogen) atoms. The van der Waals surface area contributed by atoms with Crippen molar-refractivity contribution < 1.29 is 0 Å². The number of hydrogen-bond donors (Lipinski definition) is 0. The number of aromatic nitrogens is 2. The van der Waals surface area contributed by atoms with Gasteiger partial charge in [0.2, 0.25) is 0 Å². The zero-order valence-corrected chi connectivity index (χ0v) is 29.9. The monoisotopic (exact) mass is 696 g/mol. The molecule has 254 valence electrons. The van der Waals surface area contributed by atoms with E-state index in [0.717, 1.165) is 22.5 Å². The maximum absolute atomic E-state index is 4.83. The molecule has 2 aliphatic carbocycles. The van der Waals surface area contributed by atoms with E-state index in [1.165, 1.54) is 88.0 Å². The molecule has 1 heterocycles. The van der Waals surface area contributed by atoms with E-state index >= 15 is 0 Å². The van der Waals surface area contributed by atoms with Crippen molar-refractivity contribution in [3.05, 3.63) is 217 Å². The Kier molecular flexibility index (Phi) is 6.29. The zero-order chi connectivity index (χ0) is 36.1. The number of benzene rings is 9. The highest BCUT2D eigenvalue weighted by Gasteiger charge is 2.53. The van der Waals surface area contributed by atoms with E-state index in [0.29, 0.717) is 0 Å². The molecule has 2 aliphatic rings. The fourth-order valence-corrected chi connectivity index (χ4v) is 9.95. The highest BCUT2D eigenvalue weighted by Crippen LogP contribution is 2.66. The van der Waals surface area contributed by atoms with Crippen LogP contribution in [0.5, 0.6) is 0 Å². The van der Waals surface area contributed by atoms with Gasteiger partial charge in [-0.3, -0.25) is 9.97 Å². The van der Waals surface area contributed by atoms with E-state index in [4.69, 9.17) is 9.97 Å². The quantitative estimate of drug-likeness (QED) is 0.172. The van der Waals surface area contributed by atoms with Crippen molar-refractivity contribution in [2.45, 2.75) is 5.41 Å². The Labute approximate surface area is 319 Å². The Morgan fingerprint density at radius 2 is 0.764 bits per heavy atom. The van der Waals surface area contributed by atoms with Crippen LogP contribution in [-0.4, -0.2) is 9.97 Å². The summed E-state index contributed by atoms with van der Waals surface area (Å²) >= 11 is 0. The second kappa shape index (κ2) is 11.4. The van der Waals surface area contributed by atoms with Crippen molar-refractivity contribution in [1.29, 1.82) is 0 Å². The van der Waals surface area contributed by atoms with Crippen LogP contribution in [0.15, 0.2) is 194 Å². The first-order valence-electron chi connectivity index (χ1n) is 19.0. The van der Waals surface area contributed by atoms with Gasteiger partial charge in [-0.1, -0.05) is 176 Å². The first kappa shape index (κ1) is 30.3. The summed E-state index contributed by atoms with van der Waals surface area (Å²) < 4.78 is 0. The zero-order valence-electron chi connectivity index (χ0n) is 29.9. The molecule has 0 radical (unpaired) electrons. The van der Waals surface area contributed by atoms with E-state index in [1.807, 2.05) is 30.6 Å². The maximum atomic E-state index is 4.83. The van der Waals surface area contributed by atoms with Crippen molar-refractivity contribution >= 4 is 32.3 Å². The highest BCUT2D eigenvalue weighted by atomic mass is 14.8. The lowest BCUT2D eigenvalue weighted by Gasteiger charge is -2.32. The first-order valence-corrected chi connectivity index (χ1v) is 19.0. The van der Waals surface area contributed by atoms with Gasteiger partial charge in [0.05, 0.1) is 29.2 Å². The van der Waals surface area contributed by atoms with Gasteiger partial charge in [0.15, 0.2) is 0 Å². The molecule has 0 bridgehead atoms. The maximum Gasteiger partial charge on any atom is 0.0885 e. The third-order valence-electron chi connectivity index (χ3n) is 12.2. The minimum atomic E-state index is -0.504. The lowest BCUT2D eigenvalue weighted by molar-refractivity contribution is 0.803. The molecule has 0 saturated carbocycles. The average Bonchev–Trinajstić information content (AvgIpc) is 3.75. The molecule has 0 amide bonds. The summed E-state index contributed by atoms with van der Waals surface area (Å²) in [7, 11) is 0. The number of rotatable bonds is 3. The summed E-state index contributed by atoms with van der Waals surface area (Å²) in [4.78, 5) is 9.59. The number of fused-ring (bicyclic) bond motifs is 17. The van der Waals surface area contributed by atoms with Crippen LogP contribution in [0.4, 0.5) is 0 Å². The van der Waals surface area contributed by atoms with E-state index in [9.17, 15) is 0 Å². The molecule has 0 atom stereocenters. The Hall–Kier alpha value is -7.16. The van der Waals surface area contributed by atoms with Crippen molar-refractivity contribution in [1.82, 2.24) is 9.97 Å². The van der Waals surface area contributed by atoms with Crippen LogP contribution in [0.3, 0.4) is 0 Å². The summed E-state index contributed by atoms with van der Waals surface area (Å²) in [5, 5.41) is 7.74. The largest absolute Gasteiger partial charge is 0.252 e. The molecule has 1 aromatic heterocycles. The molecule has 10 aromatic rings. The van der Waals surface area contributed by atoms with Crippen LogP contribution in [0.25, 0.3) is 88.2 Å². The van der Waals surface area contributed by atoms with Gasteiger partial charge in [0.25, 0.3) is 0 Å². The second-order valence-electron chi connectivity index (χ2n) is 14.8. The highest BCUT2D eigenvalue weighted by molar-refractivity contribution is 6.24. The summed E-state index contributed by atoms with van der Waals surface area (Å²) in [6.45, 7) is 0. The van der Waals surface area contributed by atoms with Crippen LogP contribution in [0.2, 0.25) is 0 Å². The topological polar surface area (TPSA) is 25.8 Å². The predicted octanol–water partition coefficient (Wildman–Crippen LogP) is 13.3. The number of nitrogens with zero attached hydrogens (tertiary/aromatic N) is 2. The van der Waals surface area contributed by atoms with Crippen molar-refractivity contribution in [3.63, 3.8) is 0 Å². The fraction of sp³-hybridized carbons (Fsp3) is 0.0189. The Morgan fingerprint density at radius 1 is 0.309 bits per heavy atom. The van der Waals surface area contributed by atoms with Gasteiger partial charge in [0.1, 0.15) is 0 Å². The van der Waals surface area contributed by atoms with Gasteiger partial charge in [-0.05, 0) is 94.0 Å². The van der Waals surface area contributed by atoms with Gasteiger partial charge in [-0.25, -0.2) is 0 Å². The van der Waals surface area contributed by atoms with Gasteiger partial charge < -0.3 is 0 Å². The molecule has 0 unspecified atom stereocenters. The molecule has 12 rings (SSSR count). The summed E-state index contributed by atoms with van der Waals surface area (Å²) in [6, 6.07) is 67.0. The number of hydrogen-bond acceptors (Lipinski definition) is 2. The van der Waals surface area contributed by atoms with Crippen molar-refractivity contribution in [2.75, 3.05) is 0 Å². The molecular formula is C53H32N2. The Bertz CT molecular complexity index is 3130. The van der Waals surface area contributed by atoms with Gasteiger partial charge >= 0.3 is 0 Å². The normalized spacial score (nSPS) is 13.2. The SMILES string of the molecule is c1ccc(-c2cnc(-c3ccc(-c4cc5c(c6ccccc46)-c4c(c6ccccc6c6ccccc46)C54c5ccccc5-c5ccccc54)cc3)cn2)cc1. The van der Waals surface area contributed by atoms with E-state index in [-0.39, 0.29) is 0 Å². The molecular weight excluding hydrogens is 665 g/mol. The average molecular weight is 697 g/mol. The van der Waals surface area contributed by atoms with Gasteiger partial charge in [-0.15, -0.1) is 0 Å². The van der Waals surface area contributed by atoms with Gasteiger partial charge in [0, 0.05) is 11.1 Å². The molecule has 0 saturated heterocycles. The molecule has 0 fully saturated rings. The third-order valence-corrected chi connectivity index (χ3v) is 12.2. The van der Waals surface area contributed by atoms with Gasteiger partial charge in [-0.2, -0.15) is 0 Å². The van der Waals surface area contributed by atoms with Crippen LogP contribution in [0.1, 0.15) is 22.3 Å². The summed E-state index contributed by atoms with van der Waals surface area (Å²) in [6.07, 6.45) is 3.75. The predicted molar refractivity (Wildman–Crippen MR) is 227 cm³/mol. The van der Waals surface area contributed by atoms with E-state index in [2.05, 4.69) is 164 Å². The standard InChI is InChI=1S/C53H32N2/c1-2-14-34(15-3-1)48-31-55-49(32-54-48)35-28-26-33(27-29-35)44-30-47-50(41-21-7-5-18-38(41)44)51-42-22-8-4-16-36(42)37-17-6-9-23-43(37)52(51)53(47)45-24-12-10-19-39(45)40-20-11-13-25-46(40)53/h1-32H.